The number of rotatable bonds is 1. The van der Waals surface area contributed by atoms with Crippen LogP contribution < -0.4 is 0 Å². The molecule has 0 amide bonds. The Hall–Kier alpha value is -2.17. The Bertz CT molecular complexity index is 465. The zero-order valence-corrected chi connectivity index (χ0v) is 7.12. The Balaban J connectivity index is 2.60. The Kier molecular flexibility index (Phi) is 1.78. The van der Waals surface area contributed by atoms with Crippen LogP contribution in [-0.2, 0) is 0 Å². The minimum Gasteiger partial charge on any atom is -0.506 e. The van der Waals surface area contributed by atoms with Gasteiger partial charge in [-0.15, -0.1) is 0 Å². The lowest BCUT2D eigenvalue weighted by atomic mass is 10.3. The minimum atomic E-state index is -0.465. The quantitative estimate of drug-likeness (QED) is 0.629. The van der Waals surface area contributed by atoms with Gasteiger partial charge in [0.15, 0.2) is 0 Å². The molecule has 0 aliphatic carbocycles. The van der Waals surface area contributed by atoms with E-state index in [1.54, 1.807) is 18.2 Å². The van der Waals surface area contributed by atoms with Gasteiger partial charge in [0.2, 0.25) is 0 Å². The Morgan fingerprint density at radius 3 is 2.36 bits per heavy atom. The lowest BCUT2D eigenvalue weighted by Crippen LogP contribution is -1.91. The molecule has 5 nitrogen and oxygen atoms in total. The number of aromatic hydroxyl groups is 3. The van der Waals surface area contributed by atoms with Gasteiger partial charge in [0.1, 0.15) is 12.1 Å². The molecule has 2 aromatic rings. The number of hydrogen-bond acceptors (Lipinski definition) is 4. The number of phenols is 1. The van der Waals surface area contributed by atoms with Crippen molar-refractivity contribution >= 4 is 0 Å². The van der Waals surface area contributed by atoms with Crippen LogP contribution in [0.15, 0.2) is 30.6 Å². The minimum absolute atomic E-state index is 0.000185. The van der Waals surface area contributed by atoms with Crippen molar-refractivity contribution in [3.63, 3.8) is 0 Å². The highest BCUT2D eigenvalue weighted by Crippen LogP contribution is 2.29. The van der Waals surface area contributed by atoms with E-state index in [0.717, 1.165) is 0 Å². The summed E-state index contributed by atoms with van der Waals surface area (Å²) < 4.78 is 1.19. The fourth-order valence-corrected chi connectivity index (χ4v) is 1.18. The van der Waals surface area contributed by atoms with Crippen LogP contribution in [0.2, 0.25) is 0 Å². The van der Waals surface area contributed by atoms with Crippen LogP contribution >= 0.6 is 0 Å². The van der Waals surface area contributed by atoms with Crippen molar-refractivity contribution in [3.8, 4) is 23.2 Å². The molecular formula is C9H8N2O3. The maximum Gasteiger partial charge on any atom is 0.275 e. The maximum absolute atomic E-state index is 9.46. The van der Waals surface area contributed by atoms with Gasteiger partial charge in [0, 0.05) is 0 Å². The smallest absolute Gasteiger partial charge is 0.275 e. The third-order valence-corrected chi connectivity index (χ3v) is 1.86. The summed E-state index contributed by atoms with van der Waals surface area (Å²) in [6, 6.07) is 6.43. The molecule has 0 atom stereocenters. The van der Waals surface area contributed by atoms with Crippen LogP contribution in [0.1, 0.15) is 0 Å². The van der Waals surface area contributed by atoms with Crippen LogP contribution in [0.3, 0.4) is 0 Å². The topological polar surface area (TPSA) is 78.5 Å². The average Bonchev–Trinajstić information content (AvgIpc) is 2.49. The molecule has 1 aromatic carbocycles. The summed E-state index contributed by atoms with van der Waals surface area (Å²) in [7, 11) is 0. The molecule has 0 saturated heterocycles. The van der Waals surface area contributed by atoms with Crippen molar-refractivity contribution in [3.05, 3.63) is 30.6 Å². The van der Waals surface area contributed by atoms with Crippen LogP contribution in [0, 0.1) is 0 Å². The van der Waals surface area contributed by atoms with Crippen molar-refractivity contribution in [2.24, 2.45) is 0 Å². The van der Waals surface area contributed by atoms with Gasteiger partial charge in [-0.3, -0.25) is 4.57 Å². The molecule has 0 spiro atoms. The van der Waals surface area contributed by atoms with E-state index in [2.05, 4.69) is 4.98 Å². The Labute approximate surface area is 79.5 Å². The van der Waals surface area contributed by atoms with Gasteiger partial charge in [-0.1, -0.05) is 12.1 Å². The summed E-state index contributed by atoms with van der Waals surface area (Å²) >= 11 is 0. The fourth-order valence-electron chi connectivity index (χ4n) is 1.18. The first-order valence-electron chi connectivity index (χ1n) is 3.94. The number of hydrogen-bond donors (Lipinski definition) is 3. The van der Waals surface area contributed by atoms with Crippen molar-refractivity contribution < 1.29 is 15.3 Å². The van der Waals surface area contributed by atoms with Gasteiger partial charge in [0.25, 0.3) is 11.8 Å². The third kappa shape index (κ3) is 1.15. The Morgan fingerprint density at radius 1 is 1.07 bits per heavy atom. The van der Waals surface area contributed by atoms with Gasteiger partial charge in [0.05, 0.1) is 5.69 Å². The molecule has 14 heavy (non-hydrogen) atoms. The maximum atomic E-state index is 9.46. The monoisotopic (exact) mass is 192 g/mol. The van der Waals surface area contributed by atoms with Gasteiger partial charge < -0.3 is 15.3 Å². The zero-order chi connectivity index (χ0) is 10.1. The highest BCUT2D eigenvalue weighted by atomic mass is 16.3. The first kappa shape index (κ1) is 8.43. The van der Waals surface area contributed by atoms with E-state index in [4.69, 9.17) is 5.11 Å². The van der Waals surface area contributed by atoms with E-state index in [9.17, 15) is 10.2 Å². The largest absolute Gasteiger partial charge is 0.506 e. The first-order chi connectivity index (χ1) is 6.70. The lowest BCUT2D eigenvalue weighted by molar-refractivity contribution is 0.377. The van der Waals surface area contributed by atoms with Gasteiger partial charge >= 0.3 is 0 Å². The molecule has 5 heteroatoms. The molecule has 1 aromatic heterocycles. The van der Waals surface area contributed by atoms with E-state index < -0.39 is 11.8 Å². The molecule has 0 saturated carbocycles. The summed E-state index contributed by atoms with van der Waals surface area (Å²) in [5.41, 5.74) is 0.359. The number of aromatic nitrogens is 2. The second kappa shape index (κ2) is 2.95. The normalized spacial score (nSPS) is 10.3. The molecule has 0 radical (unpaired) electrons. The lowest BCUT2D eigenvalue weighted by Gasteiger charge is -2.04. The molecule has 72 valence electrons. The van der Waals surface area contributed by atoms with E-state index >= 15 is 0 Å². The SMILES string of the molecule is Oc1ccccc1-n1cnc(O)c1O. The summed E-state index contributed by atoms with van der Waals surface area (Å²) in [6.07, 6.45) is 1.22. The molecule has 0 bridgehead atoms. The average molecular weight is 192 g/mol. The first-order valence-corrected chi connectivity index (χ1v) is 3.94. The molecule has 0 aliphatic rings. The molecule has 1 heterocycles. The molecule has 0 fully saturated rings. The van der Waals surface area contributed by atoms with Crippen LogP contribution in [0.4, 0.5) is 0 Å². The number of benzene rings is 1. The summed E-state index contributed by atoms with van der Waals surface area (Å²) in [5, 5.41) is 27.8. The van der Waals surface area contributed by atoms with Gasteiger partial charge in [-0.2, -0.15) is 4.98 Å². The highest BCUT2D eigenvalue weighted by Gasteiger charge is 2.11. The second-order valence-corrected chi connectivity index (χ2v) is 2.75. The predicted octanol–water partition coefficient (Wildman–Crippen LogP) is 0.989. The molecule has 0 unspecified atom stereocenters. The van der Waals surface area contributed by atoms with Crippen molar-refractivity contribution in [2.45, 2.75) is 0 Å². The number of phenolic OH excluding ortho intramolecular Hbond substituents is 1. The standard InChI is InChI=1S/C9H8N2O3/c12-7-4-2-1-3-6(7)11-5-10-8(13)9(11)14/h1-5,12-14H. The highest BCUT2D eigenvalue weighted by molar-refractivity contribution is 5.48. The molecule has 2 rings (SSSR count). The van der Waals surface area contributed by atoms with Crippen LogP contribution in [0.25, 0.3) is 5.69 Å². The van der Waals surface area contributed by atoms with E-state index in [-0.39, 0.29) is 5.75 Å². The summed E-state index contributed by atoms with van der Waals surface area (Å²) in [5.74, 6) is -0.861. The number of imidazole rings is 1. The van der Waals surface area contributed by atoms with Gasteiger partial charge in [-0.05, 0) is 12.1 Å². The zero-order valence-electron chi connectivity index (χ0n) is 7.12. The molecular weight excluding hydrogens is 184 g/mol. The van der Waals surface area contributed by atoms with E-state index in [1.165, 1.54) is 17.0 Å². The fraction of sp³-hybridized carbons (Fsp3) is 0. The van der Waals surface area contributed by atoms with Crippen molar-refractivity contribution in [1.82, 2.24) is 9.55 Å². The Morgan fingerprint density at radius 2 is 1.79 bits per heavy atom. The van der Waals surface area contributed by atoms with Crippen LogP contribution in [-0.4, -0.2) is 24.9 Å². The van der Waals surface area contributed by atoms with Crippen LogP contribution in [0.5, 0.6) is 17.5 Å². The van der Waals surface area contributed by atoms with E-state index in [1.807, 2.05) is 0 Å². The van der Waals surface area contributed by atoms with Gasteiger partial charge in [-0.25, -0.2) is 0 Å². The second-order valence-electron chi connectivity index (χ2n) is 2.75. The molecule has 0 aliphatic heterocycles. The molecule has 3 N–H and O–H groups in total. The summed E-state index contributed by atoms with van der Waals surface area (Å²) in [6.45, 7) is 0. The number of para-hydroxylation sites is 2. The van der Waals surface area contributed by atoms with Crippen molar-refractivity contribution in [1.29, 1.82) is 0 Å². The predicted molar refractivity (Wildman–Crippen MR) is 48.6 cm³/mol. The van der Waals surface area contributed by atoms with E-state index in [0.29, 0.717) is 5.69 Å². The third-order valence-electron chi connectivity index (χ3n) is 1.86. The number of nitrogens with zero attached hydrogens (tertiary/aromatic N) is 2. The summed E-state index contributed by atoms with van der Waals surface area (Å²) in [4.78, 5) is 3.49. The van der Waals surface area contributed by atoms with Crippen molar-refractivity contribution in [2.75, 3.05) is 0 Å².